The molecule has 0 saturated carbocycles. The van der Waals surface area contributed by atoms with E-state index in [9.17, 15) is 4.79 Å². The van der Waals surface area contributed by atoms with Crippen LogP contribution >= 0.6 is 12.4 Å². The number of benzene rings is 1. The minimum atomic E-state index is 0. The van der Waals surface area contributed by atoms with Crippen molar-refractivity contribution < 1.29 is 9.53 Å². The number of ether oxygens (including phenoxy) is 1. The van der Waals surface area contributed by atoms with Gasteiger partial charge in [0.25, 0.3) is 0 Å². The monoisotopic (exact) mass is 310 g/mol. The average Bonchev–Trinajstić information content (AvgIpc) is 2.73. The number of nitrogens with zero attached hydrogens (tertiary/aromatic N) is 1. The molecule has 2 saturated heterocycles. The largest absolute Gasteiger partial charge is 0.367 e. The van der Waals surface area contributed by atoms with Crippen LogP contribution < -0.4 is 5.32 Å². The average molecular weight is 311 g/mol. The van der Waals surface area contributed by atoms with Crippen molar-refractivity contribution >= 4 is 18.3 Å². The van der Waals surface area contributed by atoms with Crippen molar-refractivity contribution in [3.05, 3.63) is 35.9 Å². The van der Waals surface area contributed by atoms with Crippen LogP contribution in [0.15, 0.2) is 30.3 Å². The normalized spacial score (nSPS) is 24.3. The van der Waals surface area contributed by atoms with Crippen LogP contribution in [-0.2, 0) is 16.1 Å². The molecule has 0 spiro atoms. The van der Waals surface area contributed by atoms with Gasteiger partial charge < -0.3 is 15.0 Å². The summed E-state index contributed by atoms with van der Waals surface area (Å²) in [4.78, 5) is 14.4. The molecule has 2 aliphatic rings. The fourth-order valence-electron chi connectivity index (χ4n) is 3.29. The molecule has 4 nitrogen and oxygen atoms in total. The Bertz CT molecular complexity index is 441. The molecule has 116 valence electrons. The summed E-state index contributed by atoms with van der Waals surface area (Å²) in [6, 6.07) is 10.8. The van der Waals surface area contributed by atoms with Gasteiger partial charge in [0.1, 0.15) is 6.61 Å². The van der Waals surface area contributed by atoms with Crippen LogP contribution in [0.3, 0.4) is 0 Å². The maximum absolute atomic E-state index is 12.4. The van der Waals surface area contributed by atoms with E-state index >= 15 is 0 Å². The number of carbonyl (C=O) groups excluding carboxylic acids is 1. The fourth-order valence-corrected chi connectivity index (χ4v) is 3.29. The minimum absolute atomic E-state index is 0. The van der Waals surface area contributed by atoms with Gasteiger partial charge in [-0.15, -0.1) is 12.4 Å². The second-order valence-electron chi connectivity index (χ2n) is 5.66. The smallest absolute Gasteiger partial charge is 0.249 e. The molecule has 2 aliphatic heterocycles. The molecule has 2 unspecified atom stereocenters. The number of nitrogens with one attached hydrogen (secondary N) is 1. The van der Waals surface area contributed by atoms with Gasteiger partial charge in [0, 0.05) is 18.6 Å². The zero-order valence-electron chi connectivity index (χ0n) is 12.2. The van der Waals surface area contributed by atoms with E-state index in [0.29, 0.717) is 18.7 Å². The predicted octanol–water partition coefficient (Wildman–Crippen LogP) is 1.98. The number of halogens is 1. The van der Waals surface area contributed by atoms with Crippen molar-refractivity contribution in [3.63, 3.8) is 0 Å². The summed E-state index contributed by atoms with van der Waals surface area (Å²) >= 11 is 0. The first-order valence-corrected chi connectivity index (χ1v) is 7.48. The van der Waals surface area contributed by atoms with Gasteiger partial charge in [-0.3, -0.25) is 4.79 Å². The summed E-state index contributed by atoms with van der Waals surface area (Å²) in [5.41, 5.74) is 1.11. The molecule has 0 aromatic heterocycles. The highest BCUT2D eigenvalue weighted by atomic mass is 35.5. The van der Waals surface area contributed by atoms with Crippen molar-refractivity contribution in [2.75, 3.05) is 19.7 Å². The van der Waals surface area contributed by atoms with E-state index in [1.54, 1.807) is 0 Å². The minimum Gasteiger partial charge on any atom is -0.367 e. The van der Waals surface area contributed by atoms with Crippen LogP contribution in [0, 0.1) is 0 Å². The highest BCUT2D eigenvalue weighted by Crippen LogP contribution is 2.27. The fraction of sp³-hybridized carbons (Fsp3) is 0.562. The van der Waals surface area contributed by atoms with Crippen molar-refractivity contribution in [3.8, 4) is 0 Å². The summed E-state index contributed by atoms with van der Waals surface area (Å²) in [5.74, 6) is 0.150. The number of hydrogen-bond donors (Lipinski definition) is 1. The Kier molecular flexibility index (Phi) is 6.03. The van der Waals surface area contributed by atoms with Gasteiger partial charge in [-0.1, -0.05) is 30.3 Å². The molecule has 0 aliphatic carbocycles. The third kappa shape index (κ3) is 3.96. The van der Waals surface area contributed by atoms with Crippen LogP contribution in [0.4, 0.5) is 0 Å². The number of amides is 1. The Morgan fingerprint density at radius 2 is 1.95 bits per heavy atom. The Morgan fingerprint density at radius 1 is 1.19 bits per heavy atom. The summed E-state index contributed by atoms with van der Waals surface area (Å²) in [6.45, 7) is 2.66. The Balaban J connectivity index is 0.00000161. The molecular weight excluding hydrogens is 288 g/mol. The van der Waals surface area contributed by atoms with E-state index in [-0.39, 0.29) is 24.9 Å². The van der Waals surface area contributed by atoms with E-state index in [4.69, 9.17) is 4.74 Å². The predicted molar refractivity (Wildman–Crippen MR) is 84.5 cm³/mol. The van der Waals surface area contributed by atoms with Gasteiger partial charge in [-0.05, 0) is 31.4 Å². The first-order valence-electron chi connectivity index (χ1n) is 7.48. The first-order chi connectivity index (χ1) is 9.84. The van der Waals surface area contributed by atoms with E-state index in [1.807, 2.05) is 30.3 Å². The van der Waals surface area contributed by atoms with E-state index in [2.05, 4.69) is 10.2 Å². The van der Waals surface area contributed by atoms with Crippen LogP contribution in [0.5, 0.6) is 0 Å². The molecule has 5 heteroatoms. The van der Waals surface area contributed by atoms with Crippen LogP contribution in [-0.4, -0.2) is 42.6 Å². The second-order valence-corrected chi connectivity index (χ2v) is 5.66. The Labute approximate surface area is 132 Å². The van der Waals surface area contributed by atoms with Crippen molar-refractivity contribution in [2.24, 2.45) is 0 Å². The van der Waals surface area contributed by atoms with Crippen molar-refractivity contribution in [1.82, 2.24) is 10.2 Å². The molecule has 1 amide bonds. The maximum Gasteiger partial charge on any atom is 0.249 e. The molecule has 1 aromatic rings. The van der Waals surface area contributed by atoms with Gasteiger partial charge >= 0.3 is 0 Å². The van der Waals surface area contributed by atoms with Crippen LogP contribution in [0.25, 0.3) is 0 Å². The molecule has 3 rings (SSSR count). The first kappa shape index (κ1) is 16.3. The van der Waals surface area contributed by atoms with Crippen LogP contribution in [0.2, 0.25) is 0 Å². The van der Waals surface area contributed by atoms with Crippen LogP contribution in [0.1, 0.15) is 24.8 Å². The molecular formula is C16H23ClN2O2. The van der Waals surface area contributed by atoms with E-state index < -0.39 is 0 Å². The zero-order chi connectivity index (χ0) is 13.8. The molecule has 21 heavy (non-hydrogen) atoms. The van der Waals surface area contributed by atoms with Gasteiger partial charge in [0.2, 0.25) is 5.91 Å². The maximum atomic E-state index is 12.4. The SMILES string of the molecule is Cl.O=C(COCc1ccccc1)N1C2CCNCC1CC2. The number of hydrogen-bond acceptors (Lipinski definition) is 3. The lowest BCUT2D eigenvalue weighted by Gasteiger charge is -2.27. The zero-order valence-corrected chi connectivity index (χ0v) is 13.0. The third-order valence-electron chi connectivity index (χ3n) is 4.28. The number of carbonyl (C=O) groups is 1. The van der Waals surface area contributed by atoms with Gasteiger partial charge in [0.05, 0.1) is 6.61 Å². The molecule has 2 bridgehead atoms. The molecule has 2 heterocycles. The lowest BCUT2D eigenvalue weighted by Crippen LogP contribution is -2.44. The van der Waals surface area contributed by atoms with Crippen molar-refractivity contribution in [2.45, 2.75) is 38.0 Å². The van der Waals surface area contributed by atoms with Crippen molar-refractivity contribution in [1.29, 1.82) is 0 Å². The van der Waals surface area contributed by atoms with E-state index in [1.165, 1.54) is 0 Å². The molecule has 1 aromatic carbocycles. The lowest BCUT2D eigenvalue weighted by atomic mass is 10.1. The molecule has 2 atom stereocenters. The number of fused-ring (bicyclic) bond motifs is 2. The topological polar surface area (TPSA) is 41.6 Å². The second kappa shape index (κ2) is 7.78. The van der Waals surface area contributed by atoms with E-state index in [0.717, 1.165) is 37.9 Å². The lowest BCUT2D eigenvalue weighted by molar-refractivity contribution is -0.139. The Hall–Kier alpha value is -1.10. The molecule has 0 radical (unpaired) electrons. The molecule has 2 fully saturated rings. The summed E-state index contributed by atoms with van der Waals surface area (Å²) in [6.07, 6.45) is 3.35. The van der Waals surface area contributed by atoms with Gasteiger partial charge in [-0.25, -0.2) is 0 Å². The Morgan fingerprint density at radius 3 is 2.76 bits per heavy atom. The van der Waals surface area contributed by atoms with Gasteiger partial charge in [-0.2, -0.15) is 0 Å². The van der Waals surface area contributed by atoms with Gasteiger partial charge in [0.15, 0.2) is 0 Å². The molecule has 1 N–H and O–H groups in total. The summed E-state index contributed by atoms with van der Waals surface area (Å²) < 4.78 is 5.59. The summed E-state index contributed by atoms with van der Waals surface area (Å²) in [7, 11) is 0. The quantitative estimate of drug-likeness (QED) is 0.924. The third-order valence-corrected chi connectivity index (χ3v) is 4.28. The number of rotatable bonds is 4. The highest BCUT2D eigenvalue weighted by molar-refractivity contribution is 5.85. The standard InChI is InChI=1S/C16H22N2O2.ClH/c19-16(12-20-11-13-4-2-1-3-5-13)18-14-6-7-15(18)10-17-9-8-14;/h1-5,14-15,17H,6-12H2;1H. The summed E-state index contributed by atoms with van der Waals surface area (Å²) in [5, 5.41) is 3.41. The highest BCUT2D eigenvalue weighted by Gasteiger charge is 2.37.